The van der Waals surface area contributed by atoms with Crippen molar-refractivity contribution in [1.29, 1.82) is 0 Å². The van der Waals surface area contributed by atoms with Crippen LogP contribution in [0.2, 0.25) is 0 Å². The van der Waals surface area contributed by atoms with Crippen LogP contribution in [0, 0.1) is 25.5 Å². The van der Waals surface area contributed by atoms with Crippen molar-refractivity contribution in [2.24, 2.45) is 0 Å². The molecule has 0 radical (unpaired) electrons. The molecule has 1 heterocycles. The van der Waals surface area contributed by atoms with Gasteiger partial charge in [-0.3, -0.25) is 0 Å². The Labute approximate surface area is 97.3 Å². The lowest BCUT2D eigenvalue weighted by molar-refractivity contribution is 0.602. The number of nitrogen functional groups attached to an aromatic ring is 1. The fourth-order valence-corrected chi connectivity index (χ4v) is 1.61. The SMILES string of the molecule is Cc1nc(C)c(N)c(-c2cc(F)ccc2F)n1. The molecule has 2 rings (SSSR count). The summed E-state index contributed by atoms with van der Waals surface area (Å²) in [5.41, 5.74) is 6.88. The van der Waals surface area contributed by atoms with Gasteiger partial charge in [0.25, 0.3) is 0 Å². The second kappa shape index (κ2) is 4.08. The highest BCUT2D eigenvalue weighted by molar-refractivity contribution is 5.74. The summed E-state index contributed by atoms with van der Waals surface area (Å²) in [6, 6.07) is 3.18. The van der Waals surface area contributed by atoms with Crippen molar-refractivity contribution >= 4 is 5.69 Å². The van der Waals surface area contributed by atoms with Gasteiger partial charge in [-0.15, -0.1) is 0 Å². The Morgan fingerprint density at radius 3 is 2.53 bits per heavy atom. The molecule has 0 spiro atoms. The Bertz CT molecular complexity index is 582. The number of benzene rings is 1. The smallest absolute Gasteiger partial charge is 0.132 e. The third-order valence-corrected chi connectivity index (χ3v) is 2.43. The minimum atomic E-state index is -0.560. The van der Waals surface area contributed by atoms with E-state index in [1.807, 2.05) is 0 Å². The van der Waals surface area contributed by atoms with Crippen molar-refractivity contribution in [3.8, 4) is 11.3 Å². The molecule has 1 aromatic heterocycles. The third kappa shape index (κ3) is 2.08. The van der Waals surface area contributed by atoms with E-state index in [-0.39, 0.29) is 16.9 Å². The van der Waals surface area contributed by atoms with Gasteiger partial charge in [-0.2, -0.15) is 0 Å². The number of aromatic nitrogens is 2. The second-order valence-electron chi connectivity index (χ2n) is 3.74. The lowest BCUT2D eigenvalue weighted by Gasteiger charge is -2.09. The minimum absolute atomic E-state index is 0.0519. The minimum Gasteiger partial charge on any atom is -0.395 e. The molecule has 0 saturated heterocycles. The maximum Gasteiger partial charge on any atom is 0.132 e. The molecule has 0 saturated carbocycles. The second-order valence-corrected chi connectivity index (χ2v) is 3.74. The van der Waals surface area contributed by atoms with Crippen LogP contribution in [0.5, 0.6) is 0 Å². The van der Waals surface area contributed by atoms with Crippen LogP contribution >= 0.6 is 0 Å². The van der Waals surface area contributed by atoms with E-state index < -0.39 is 11.6 Å². The van der Waals surface area contributed by atoms with Crippen molar-refractivity contribution < 1.29 is 8.78 Å². The first-order chi connectivity index (χ1) is 7.99. The Kier molecular flexibility index (Phi) is 2.75. The Morgan fingerprint density at radius 1 is 1.12 bits per heavy atom. The van der Waals surface area contributed by atoms with Gasteiger partial charge >= 0.3 is 0 Å². The summed E-state index contributed by atoms with van der Waals surface area (Å²) in [5.74, 6) is -0.624. The largest absolute Gasteiger partial charge is 0.395 e. The molecule has 88 valence electrons. The number of hydrogen-bond acceptors (Lipinski definition) is 3. The van der Waals surface area contributed by atoms with Crippen molar-refractivity contribution in [1.82, 2.24) is 9.97 Å². The van der Waals surface area contributed by atoms with E-state index in [0.29, 0.717) is 11.5 Å². The first-order valence-electron chi connectivity index (χ1n) is 5.05. The lowest BCUT2D eigenvalue weighted by Crippen LogP contribution is -2.03. The summed E-state index contributed by atoms with van der Waals surface area (Å²) >= 11 is 0. The molecule has 3 nitrogen and oxygen atoms in total. The maximum absolute atomic E-state index is 13.6. The highest BCUT2D eigenvalue weighted by Gasteiger charge is 2.14. The van der Waals surface area contributed by atoms with E-state index in [0.717, 1.165) is 18.2 Å². The van der Waals surface area contributed by atoms with Gasteiger partial charge in [-0.1, -0.05) is 0 Å². The highest BCUT2D eigenvalue weighted by atomic mass is 19.1. The quantitative estimate of drug-likeness (QED) is 0.826. The number of nitrogens with two attached hydrogens (primary N) is 1. The normalized spacial score (nSPS) is 10.6. The van der Waals surface area contributed by atoms with Gasteiger partial charge in [0.15, 0.2) is 0 Å². The molecule has 0 aliphatic carbocycles. The van der Waals surface area contributed by atoms with Crippen LogP contribution in [0.25, 0.3) is 11.3 Å². The fourth-order valence-electron chi connectivity index (χ4n) is 1.61. The molecule has 1 aromatic carbocycles. The van der Waals surface area contributed by atoms with Gasteiger partial charge in [0.2, 0.25) is 0 Å². The van der Waals surface area contributed by atoms with Gasteiger partial charge in [0.05, 0.1) is 11.4 Å². The third-order valence-electron chi connectivity index (χ3n) is 2.43. The average Bonchev–Trinajstić information content (AvgIpc) is 2.27. The van der Waals surface area contributed by atoms with Gasteiger partial charge in [-0.05, 0) is 32.0 Å². The van der Waals surface area contributed by atoms with Crippen LogP contribution in [0.3, 0.4) is 0 Å². The number of aryl methyl sites for hydroxylation is 2. The van der Waals surface area contributed by atoms with E-state index in [1.54, 1.807) is 13.8 Å². The Balaban J connectivity index is 2.72. The molecule has 0 amide bonds. The lowest BCUT2D eigenvalue weighted by atomic mass is 10.1. The molecule has 0 aliphatic heterocycles. The molecule has 0 aliphatic rings. The molecule has 2 aromatic rings. The summed E-state index contributed by atoms with van der Waals surface area (Å²) < 4.78 is 26.7. The number of rotatable bonds is 1. The molecular formula is C12H11F2N3. The van der Waals surface area contributed by atoms with Gasteiger partial charge in [-0.25, -0.2) is 18.7 Å². The van der Waals surface area contributed by atoms with Gasteiger partial charge in [0, 0.05) is 5.56 Å². The number of halogens is 2. The van der Waals surface area contributed by atoms with Crippen molar-refractivity contribution in [3.63, 3.8) is 0 Å². The van der Waals surface area contributed by atoms with Crippen LogP contribution in [-0.4, -0.2) is 9.97 Å². The van der Waals surface area contributed by atoms with Gasteiger partial charge < -0.3 is 5.73 Å². The predicted molar refractivity (Wildman–Crippen MR) is 61.3 cm³/mol. The summed E-state index contributed by atoms with van der Waals surface area (Å²) in [6.45, 7) is 3.37. The van der Waals surface area contributed by atoms with E-state index in [4.69, 9.17) is 5.73 Å². The maximum atomic E-state index is 13.6. The average molecular weight is 235 g/mol. The molecule has 0 unspecified atom stereocenters. The summed E-state index contributed by atoms with van der Waals surface area (Å²) in [6.07, 6.45) is 0. The van der Waals surface area contributed by atoms with Gasteiger partial charge in [0.1, 0.15) is 23.2 Å². The highest BCUT2D eigenvalue weighted by Crippen LogP contribution is 2.28. The summed E-state index contributed by atoms with van der Waals surface area (Å²) in [7, 11) is 0. The zero-order valence-corrected chi connectivity index (χ0v) is 9.46. The molecule has 0 fully saturated rings. The zero-order valence-electron chi connectivity index (χ0n) is 9.46. The first kappa shape index (κ1) is 11.4. The number of hydrogen-bond donors (Lipinski definition) is 1. The van der Waals surface area contributed by atoms with E-state index in [9.17, 15) is 8.78 Å². The van der Waals surface area contributed by atoms with Crippen LogP contribution in [0.4, 0.5) is 14.5 Å². The molecule has 0 bridgehead atoms. The summed E-state index contributed by atoms with van der Waals surface area (Å²) in [5, 5.41) is 0. The van der Waals surface area contributed by atoms with Crippen LogP contribution in [-0.2, 0) is 0 Å². The molecule has 2 N–H and O–H groups in total. The predicted octanol–water partition coefficient (Wildman–Crippen LogP) is 2.62. The van der Waals surface area contributed by atoms with Crippen LogP contribution < -0.4 is 5.73 Å². The van der Waals surface area contributed by atoms with Crippen molar-refractivity contribution in [2.75, 3.05) is 5.73 Å². The zero-order chi connectivity index (χ0) is 12.6. The standard InChI is InChI=1S/C12H11F2N3/c1-6-11(15)12(17-7(2)16-6)9-5-8(13)3-4-10(9)14/h3-5H,15H2,1-2H3. The van der Waals surface area contributed by atoms with E-state index in [1.165, 1.54) is 0 Å². The summed E-state index contributed by atoms with van der Waals surface area (Å²) in [4.78, 5) is 8.12. The molecule has 0 atom stereocenters. The van der Waals surface area contributed by atoms with Crippen molar-refractivity contribution in [2.45, 2.75) is 13.8 Å². The molecule has 17 heavy (non-hydrogen) atoms. The van der Waals surface area contributed by atoms with Crippen LogP contribution in [0.15, 0.2) is 18.2 Å². The Hall–Kier alpha value is -2.04. The first-order valence-corrected chi connectivity index (χ1v) is 5.05. The molecular weight excluding hydrogens is 224 g/mol. The number of nitrogens with zero attached hydrogens (tertiary/aromatic N) is 2. The van der Waals surface area contributed by atoms with Crippen LogP contribution in [0.1, 0.15) is 11.5 Å². The molecule has 5 heteroatoms. The number of anilines is 1. The van der Waals surface area contributed by atoms with E-state index >= 15 is 0 Å². The topological polar surface area (TPSA) is 51.8 Å². The fraction of sp³-hybridized carbons (Fsp3) is 0.167. The van der Waals surface area contributed by atoms with E-state index in [2.05, 4.69) is 9.97 Å². The Morgan fingerprint density at radius 2 is 1.82 bits per heavy atom. The van der Waals surface area contributed by atoms with Crippen molar-refractivity contribution in [3.05, 3.63) is 41.4 Å². The monoisotopic (exact) mass is 235 g/mol.